The fourth-order valence-corrected chi connectivity index (χ4v) is 2.61. The summed E-state index contributed by atoms with van der Waals surface area (Å²) < 4.78 is 0. The lowest BCUT2D eigenvalue weighted by Gasteiger charge is -2.26. The minimum Gasteiger partial charge on any atom is -0.388 e. The monoisotopic (exact) mass is 235 g/mol. The van der Waals surface area contributed by atoms with Crippen LogP contribution < -0.4 is 0 Å². The van der Waals surface area contributed by atoms with Gasteiger partial charge >= 0.3 is 0 Å². The quantitative estimate of drug-likeness (QED) is 0.646. The van der Waals surface area contributed by atoms with Gasteiger partial charge in [0, 0.05) is 6.07 Å². The van der Waals surface area contributed by atoms with Crippen LogP contribution in [0.3, 0.4) is 0 Å². The van der Waals surface area contributed by atoms with E-state index in [1.807, 2.05) is 0 Å². The molecular formula is C13H17NO3. The molecule has 0 bridgehead atoms. The van der Waals surface area contributed by atoms with Gasteiger partial charge in [-0.05, 0) is 24.8 Å². The first-order chi connectivity index (χ1) is 8.20. The zero-order valence-electron chi connectivity index (χ0n) is 9.71. The van der Waals surface area contributed by atoms with Gasteiger partial charge in [0.15, 0.2) is 0 Å². The Morgan fingerprint density at radius 1 is 1.24 bits per heavy atom. The predicted octanol–water partition coefficient (Wildman–Crippen LogP) is 3.21. The van der Waals surface area contributed by atoms with E-state index >= 15 is 0 Å². The van der Waals surface area contributed by atoms with Gasteiger partial charge in [-0.15, -0.1) is 0 Å². The fourth-order valence-electron chi connectivity index (χ4n) is 2.61. The number of aliphatic hydroxyl groups excluding tert-OH is 1. The molecule has 0 heterocycles. The molecule has 17 heavy (non-hydrogen) atoms. The van der Waals surface area contributed by atoms with Crippen molar-refractivity contribution in [3.63, 3.8) is 0 Å². The number of hydrogen-bond acceptors (Lipinski definition) is 3. The average molecular weight is 235 g/mol. The number of aliphatic hydroxyl groups is 1. The van der Waals surface area contributed by atoms with E-state index in [-0.39, 0.29) is 11.6 Å². The van der Waals surface area contributed by atoms with E-state index < -0.39 is 11.0 Å². The van der Waals surface area contributed by atoms with E-state index in [1.54, 1.807) is 18.2 Å². The Kier molecular flexibility index (Phi) is 3.74. The lowest BCUT2D eigenvalue weighted by molar-refractivity contribution is -0.386. The van der Waals surface area contributed by atoms with Crippen molar-refractivity contribution in [3.05, 3.63) is 39.9 Å². The second-order valence-electron chi connectivity index (χ2n) is 4.66. The molecule has 4 heteroatoms. The number of para-hydroxylation sites is 1. The summed E-state index contributed by atoms with van der Waals surface area (Å²) in [4.78, 5) is 10.5. The normalized spacial score (nSPS) is 18.9. The molecule has 1 N–H and O–H groups in total. The van der Waals surface area contributed by atoms with Crippen molar-refractivity contribution >= 4 is 5.69 Å². The van der Waals surface area contributed by atoms with Gasteiger partial charge in [-0.2, -0.15) is 0 Å². The Morgan fingerprint density at radius 3 is 2.53 bits per heavy atom. The minimum absolute atomic E-state index is 0.0329. The highest BCUT2D eigenvalue weighted by molar-refractivity contribution is 5.41. The van der Waals surface area contributed by atoms with Crippen molar-refractivity contribution in [3.8, 4) is 0 Å². The van der Waals surface area contributed by atoms with Crippen molar-refractivity contribution in [1.29, 1.82) is 0 Å². The number of nitro benzene ring substituents is 1. The van der Waals surface area contributed by atoms with Crippen molar-refractivity contribution < 1.29 is 10.0 Å². The molecule has 1 aliphatic rings. The first-order valence-electron chi connectivity index (χ1n) is 6.11. The third kappa shape index (κ3) is 2.64. The molecule has 0 spiro atoms. The minimum atomic E-state index is -0.697. The van der Waals surface area contributed by atoms with Crippen LogP contribution in [-0.2, 0) is 0 Å². The Labute approximate surface area is 100 Å². The van der Waals surface area contributed by atoms with Crippen LogP contribution in [0.15, 0.2) is 24.3 Å². The molecule has 1 unspecified atom stereocenters. The third-order valence-corrected chi connectivity index (χ3v) is 3.55. The first-order valence-corrected chi connectivity index (χ1v) is 6.11. The molecular weight excluding hydrogens is 218 g/mol. The average Bonchev–Trinajstić information content (AvgIpc) is 2.39. The number of nitro groups is 1. The van der Waals surface area contributed by atoms with Gasteiger partial charge in [-0.1, -0.05) is 31.4 Å². The zero-order valence-corrected chi connectivity index (χ0v) is 9.71. The van der Waals surface area contributed by atoms with Gasteiger partial charge in [0.1, 0.15) is 0 Å². The Balaban J connectivity index is 2.23. The molecule has 1 aliphatic carbocycles. The van der Waals surface area contributed by atoms with Gasteiger partial charge in [-0.25, -0.2) is 0 Å². The lowest BCUT2D eigenvalue weighted by atomic mass is 9.82. The van der Waals surface area contributed by atoms with Crippen molar-refractivity contribution in [1.82, 2.24) is 0 Å². The molecule has 0 aliphatic heterocycles. The van der Waals surface area contributed by atoms with Crippen molar-refractivity contribution in [2.24, 2.45) is 5.92 Å². The van der Waals surface area contributed by atoms with E-state index in [4.69, 9.17) is 0 Å². The van der Waals surface area contributed by atoms with Crippen LogP contribution >= 0.6 is 0 Å². The number of hydrogen-bond donors (Lipinski definition) is 1. The van der Waals surface area contributed by atoms with Crippen molar-refractivity contribution in [2.75, 3.05) is 0 Å². The maximum absolute atomic E-state index is 10.9. The largest absolute Gasteiger partial charge is 0.388 e. The molecule has 2 rings (SSSR count). The third-order valence-electron chi connectivity index (χ3n) is 3.55. The number of nitrogens with zero attached hydrogens (tertiary/aromatic N) is 1. The van der Waals surface area contributed by atoms with Crippen LogP contribution in [0.2, 0.25) is 0 Å². The van der Waals surface area contributed by atoms with Crippen LogP contribution in [0.25, 0.3) is 0 Å². The standard InChI is InChI=1S/C13H17NO3/c15-13(10-6-2-1-3-7-10)11-8-4-5-9-12(11)14(16)17/h4-5,8-10,13,15H,1-3,6-7H2. The van der Waals surface area contributed by atoms with Crippen LogP contribution in [-0.4, -0.2) is 10.0 Å². The second-order valence-corrected chi connectivity index (χ2v) is 4.66. The Morgan fingerprint density at radius 2 is 1.88 bits per heavy atom. The molecule has 1 aromatic rings. The summed E-state index contributed by atoms with van der Waals surface area (Å²) in [5, 5.41) is 21.2. The number of benzene rings is 1. The molecule has 1 saturated carbocycles. The van der Waals surface area contributed by atoms with E-state index in [9.17, 15) is 15.2 Å². The van der Waals surface area contributed by atoms with Gasteiger partial charge in [-0.3, -0.25) is 10.1 Å². The summed E-state index contributed by atoms with van der Waals surface area (Å²) in [6.07, 6.45) is 4.67. The second kappa shape index (κ2) is 5.27. The van der Waals surface area contributed by atoms with Gasteiger partial charge in [0.2, 0.25) is 0 Å². The van der Waals surface area contributed by atoms with E-state index in [2.05, 4.69) is 0 Å². The SMILES string of the molecule is O=[N+]([O-])c1ccccc1C(O)C1CCCCC1. The summed E-state index contributed by atoms with van der Waals surface area (Å²) in [6, 6.07) is 6.50. The number of rotatable bonds is 3. The zero-order chi connectivity index (χ0) is 12.3. The summed E-state index contributed by atoms with van der Waals surface area (Å²) >= 11 is 0. The molecule has 0 amide bonds. The highest BCUT2D eigenvalue weighted by Gasteiger charge is 2.28. The predicted molar refractivity (Wildman–Crippen MR) is 64.6 cm³/mol. The molecule has 4 nitrogen and oxygen atoms in total. The summed E-state index contributed by atoms with van der Waals surface area (Å²) in [5.41, 5.74) is 0.495. The van der Waals surface area contributed by atoms with Crippen molar-refractivity contribution in [2.45, 2.75) is 38.2 Å². The van der Waals surface area contributed by atoms with Gasteiger partial charge in [0.05, 0.1) is 16.6 Å². The molecule has 0 radical (unpaired) electrons. The summed E-state index contributed by atoms with van der Waals surface area (Å²) in [5.74, 6) is 0.171. The van der Waals surface area contributed by atoms with Crippen LogP contribution in [0.4, 0.5) is 5.69 Å². The fraction of sp³-hybridized carbons (Fsp3) is 0.538. The van der Waals surface area contributed by atoms with E-state index in [0.29, 0.717) is 5.56 Å². The van der Waals surface area contributed by atoms with Crippen LogP contribution in [0, 0.1) is 16.0 Å². The highest BCUT2D eigenvalue weighted by Crippen LogP contribution is 2.37. The van der Waals surface area contributed by atoms with E-state index in [1.165, 1.54) is 12.5 Å². The molecule has 0 saturated heterocycles. The Bertz CT molecular complexity index is 399. The molecule has 1 atom stereocenters. The maximum Gasteiger partial charge on any atom is 0.275 e. The molecule has 1 aromatic carbocycles. The lowest BCUT2D eigenvalue weighted by Crippen LogP contribution is -2.16. The van der Waals surface area contributed by atoms with Crippen LogP contribution in [0.5, 0.6) is 0 Å². The topological polar surface area (TPSA) is 63.4 Å². The first kappa shape index (κ1) is 12.0. The van der Waals surface area contributed by atoms with E-state index in [0.717, 1.165) is 25.7 Å². The van der Waals surface area contributed by atoms with Crippen LogP contribution in [0.1, 0.15) is 43.8 Å². The van der Waals surface area contributed by atoms with Gasteiger partial charge in [0.25, 0.3) is 5.69 Å². The smallest absolute Gasteiger partial charge is 0.275 e. The maximum atomic E-state index is 10.9. The Hall–Kier alpha value is -1.42. The molecule has 1 fully saturated rings. The summed E-state index contributed by atoms with van der Waals surface area (Å²) in [7, 11) is 0. The molecule has 0 aromatic heterocycles. The molecule has 92 valence electrons. The summed E-state index contributed by atoms with van der Waals surface area (Å²) in [6.45, 7) is 0. The van der Waals surface area contributed by atoms with Gasteiger partial charge < -0.3 is 5.11 Å². The highest BCUT2D eigenvalue weighted by atomic mass is 16.6.